The lowest BCUT2D eigenvalue weighted by atomic mass is 9.97. The molecule has 0 amide bonds. The number of benzene rings is 2. The molecular weight excluding hydrogens is 562 g/mol. The highest BCUT2D eigenvalue weighted by Gasteiger charge is 2.40. The first kappa shape index (κ1) is 27.8. The lowest BCUT2D eigenvalue weighted by Gasteiger charge is -2.26. The van der Waals surface area contributed by atoms with Crippen LogP contribution in [0, 0.1) is 5.82 Å². The summed E-state index contributed by atoms with van der Waals surface area (Å²) in [5.74, 6) is 0.469. The van der Waals surface area contributed by atoms with Crippen molar-refractivity contribution in [3.63, 3.8) is 0 Å². The number of hydrogen-bond acceptors (Lipinski definition) is 9. The predicted octanol–water partition coefficient (Wildman–Crippen LogP) is 6.02. The molecule has 4 heterocycles. The molecule has 2 aliphatic heterocycles. The van der Waals surface area contributed by atoms with Gasteiger partial charge in [-0.1, -0.05) is 12.1 Å². The summed E-state index contributed by atoms with van der Waals surface area (Å²) in [7, 11) is -1.42. The molecule has 10 nitrogen and oxygen atoms in total. The Morgan fingerprint density at radius 1 is 1.15 bits per heavy atom. The number of phosphoric acid groups is 1. The zero-order valence-corrected chi connectivity index (χ0v) is 23.5. The SMILES string of the molecule is COP(=O)(OC)OC(C)(C)c1ncc(-c2cc3c(cc2F)nc2n3[C@H]3C[C@H]2NCc2cccc(OC(F)F)c23)cn1. The van der Waals surface area contributed by atoms with Gasteiger partial charge in [-0.2, -0.15) is 8.78 Å². The van der Waals surface area contributed by atoms with E-state index in [4.69, 9.17) is 23.3 Å². The summed E-state index contributed by atoms with van der Waals surface area (Å²) in [5, 5.41) is 3.44. The maximum atomic E-state index is 15.4. The van der Waals surface area contributed by atoms with Crippen LogP contribution in [-0.4, -0.2) is 40.4 Å². The number of nitrogens with zero attached hydrogens (tertiary/aromatic N) is 4. The fourth-order valence-electron chi connectivity index (χ4n) is 5.59. The van der Waals surface area contributed by atoms with Crippen molar-refractivity contribution in [2.45, 2.75) is 51.1 Å². The van der Waals surface area contributed by atoms with Crippen LogP contribution in [0.3, 0.4) is 0 Å². The molecule has 0 radical (unpaired) electrons. The second kappa shape index (κ2) is 10.2. The van der Waals surface area contributed by atoms with E-state index in [1.165, 1.54) is 38.7 Å². The molecule has 0 saturated heterocycles. The van der Waals surface area contributed by atoms with Gasteiger partial charge >= 0.3 is 14.4 Å². The minimum atomic E-state index is -3.83. The minimum Gasteiger partial charge on any atom is -0.434 e. The molecule has 4 aromatic rings. The zero-order valence-electron chi connectivity index (χ0n) is 22.6. The number of aromatic nitrogens is 4. The van der Waals surface area contributed by atoms with Gasteiger partial charge < -0.3 is 14.6 Å². The van der Waals surface area contributed by atoms with Gasteiger partial charge in [-0.05, 0) is 38.0 Å². The van der Waals surface area contributed by atoms with E-state index < -0.39 is 25.9 Å². The number of hydrogen-bond donors (Lipinski definition) is 1. The van der Waals surface area contributed by atoms with Crippen LogP contribution < -0.4 is 10.1 Å². The summed E-state index contributed by atoms with van der Waals surface area (Å²) in [4.78, 5) is 13.4. The fraction of sp³-hybridized carbons (Fsp3) is 0.370. The summed E-state index contributed by atoms with van der Waals surface area (Å²) >= 11 is 0. The molecule has 0 fully saturated rings. The zero-order chi connectivity index (χ0) is 29.1. The summed E-state index contributed by atoms with van der Waals surface area (Å²) in [6.45, 7) is 0.706. The summed E-state index contributed by atoms with van der Waals surface area (Å²) in [6.07, 6.45) is 3.47. The Morgan fingerprint density at radius 3 is 2.56 bits per heavy atom. The maximum absolute atomic E-state index is 15.4. The van der Waals surface area contributed by atoms with Gasteiger partial charge in [0, 0.05) is 55.9 Å². The average molecular weight is 590 g/mol. The summed E-state index contributed by atoms with van der Waals surface area (Å²) < 4.78 is 76.6. The second-order valence-corrected chi connectivity index (χ2v) is 12.1. The molecule has 0 aliphatic carbocycles. The molecule has 2 aliphatic rings. The quantitative estimate of drug-likeness (QED) is 0.247. The summed E-state index contributed by atoms with van der Waals surface area (Å²) in [6, 6.07) is 7.63. The van der Waals surface area contributed by atoms with E-state index in [0.717, 1.165) is 5.56 Å². The van der Waals surface area contributed by atoms with Crippen molar-refractivity contribution in [1.82, 2.24) is 24.8 Å². The molecule has 2 atom stereocenters. The first-order valence-corrected chi connectivity index (χ1v) is 14.3. The number of nitrogens with one attached hydrogen (secondary N) is 1. The van der Waals surface area contributed by atoms with Gasteiger partial charge in [0.2, 0.25) is 0 Å². The number of ether oxygens (including phenoxy) is 1. The summed E-state index contributed by atoms with van der Waals surface area (Å²) in [5.41, 5.74) is 1.96. The third kappa shape index (κ3) is 4.81. The molecule has 2 aromatic carbocycles. The van der Waals surface area contributed by atoms with Crippen LogP contribution in [0.4, 0.5) is 13.2 Å². The molecule has 0 saturated carbocycles. The molecular formula is C27H27F3N5O5P. The standard InChI is InChI=1S/C27H27F3N5O5P/c1-27(2,40-41(36,37-3)38-4)25-32-12-15(13-33-25)16-8-20-18(9-17(16)28)34-24-19-10-21(35(20)24)23-14(11-31-19)6-5-7-22(23)39-26(29)30/h5-9,12-13,19,21,26,31H,10-11H2,1-4H3/t19-,21+/m1/s1. The molecule has 216 valence electrons. The van der Waals surface area contributed by atoms with E-state index in [0.29, 0.717) is 41.0 Å². The van der Waals surface area contributed by atoms with Crippen LogP contribution >= 0.6 is 7.82 Å². The van der Waals surface area contributed by atoms with Gasteiger partial charge in [0.25, 0.3) is 0 Å². The van der Waals surface area contributed by atoms with Crippen molar-refractivity contribution in [3.8, 4) is 16.9 Å². The number of rotatable bonds is 8. The number of alkyl halides is 2. The third-order valence-corrected chi connectivity index (χ3v) is 9.00. The lowest BCUT2D eigenvalue weighted by Crippen LogP contribution is -2.24. The molecule has 6 rings (SSSR count). The van der Waals surface area contributed by atoms with Crippen molar-refractivity contribution in [2.24, 2.45) is 0 Å². The van der Waals surface area contributed by atoms with Crippen LogP contribution in [0.25, 0.3) is 22.2 Å². The third-order valence-electron chi connectivity index (χ3n) is 7.42. The molecule has 2 bridgehead atoms. The Hall–Kier alpha value is -3.35. The van der Waals surface area contributed by atoms with Crippen LogP contribution in [-0.2, 0) is 30.3 Å². The predicted molar refractivity (Wildman–Crippen MR) is 142 cm³/mol. The lowest BCUT2D eigenvalue weighted by molar-refractivity contribution is -0.0507. The van der Waals surface area contributed by atoms with E-state index in [1.54, 1.807) is 26.0 Å². The average Bonchev–Trinajstić information content (AvgIpc) is 3.39. The number of halogens is 3. The Labute approximate surface area is 233 Å². The topological polar surface area (TPSA) is 110 Å². The van der Waals surface area contributed by atoms with Gasteiger partial charge in [0.05, 0.1) is 23.1 Å². The van der Waals surface area contributed by atoms with E-state index in [-0.39, 0.29) is 29.2 Å². The Morgan fingerprint density at radius 2 is 1.88 bits per heavy atom. The van der Waals surface area contributed by atoms with Crippen LogP contribution in [0.1, 0.15) is 55.1 Å². The van der Waals surface area contributed by atoms with E-state index in [9.17, 15) is 13.3 Å². The largest absolute Gasteiger partial charge is 0.475 e. The van der Waals surface area contributed by atoms with Crippen molar-refractivity contribution >= 4 is 18.9 Å². The highest BCUT2D eigenvalue weighted by Crippen LogP contribution is 2.53. The normalized spacial score (nSPS) is 18.4. The molecule has 0 unspecified atom stereocenters. The van der Waals surface area contributed by atoms with Gasteiger partial charge in [0.15, 0.2) is 5.82 Å². The van der Waals surface area contributed by atoms with Gasteiger partial charge in [-0.15, -0.1) is 0 Å². The maximum Gasteiger partial charge on any atom is 0.475 e. The number of phosphoric ester groups is 1. The molecule has 0 spiro atoms. The van der Waals surface area contributed by atoms with Crippen LogP contribution in [0.2, 0.25) is 0 Å². The van der Waals surface area contributed by atoms with E-state index in [1.807, 2.05) is 10.6 Å². The van der Waals surface area contributed by atoms with Gasteiger partial charge in [0.1, 0.15) is 23.0 Å². The molecule has 14 heteroatoms. The van der Waals surface area contributed by atoms with E-state index >= 15 is 4.39 Å². The Balaban J connectivity index is 1.41. The first-order valence-electron chi connectivity index (χ1n) is 12.8. The molecule has 1 N–H and O–H groups in total. The molecule has 41 heavy (non-hydrogen) atoms. The smallest absolute Gasteiger partial charge is 0.434 e. The first-order chi connectivity index (χ1) is 19.5. The van der Waals surface area contributed by atoms with E-state index in [2.05, 4.69) is 15.3 Å². The highest BCUT2D eigenvalue weighted by atomic mass is 31.2. The van der Waals surface area contributed by atoms with Crippen LogP contribution in [0.15, 0.2) is 42.7 Å². The van der Waals surface area contributed by atoms with Gasteiger partial charge in [-0.3, -0.25) is 13.6 Å². The second-order valence-electron chi connectivity index (χ2n) is 10.3. The molecule has 2 aromatic heterocycles. The monoisotopic (exact) mass is 589 g/mol. The fourth-order valence-corrected chi connectivity index (χ4v) is 6.52. The number of imidazole rings is 1. The van der Waals surface area contributed by atoms with Gasteiger partial charge in [-0.25, -0.2) is 23.9 Å². The van der Waals surface area contributed by atoms with Crippen molar-refractivity contribution in [2.75, 3.05) is 14.2 Å². The van der Waals surface area contributed by atoms with Crippen molar-refractivity contribution < 1.29 is 36.0 Å². The van der Waals surface area contributed by atoms with Crippen molar-refractivity contribution in [3.05, 3.63) is 71.3 Å². The Bertz CT molecular complexity index is 1670. The highest BCUT2D eigenvalue weighted by molar-refractivity contribution is 7.48. The van der Waals surface area contributed by atoms with Crippen LogP contribution in [0.5, 0.6) is 5.75 Å². The van der Waals surface area contributed by atoms with Crippen molar-refractivity contribution in [1.29, 1.82) is 0 Å². The Kier molecular flexibility index (Phi) is 6.90. The number of fused-ring (bicyclic) bond motifs is 9. The minimum absolute atomic E-state index is 0.113.